The number of benzene rings is 1. The van der Waals surface area contributed by atoms with Gasteiger partial charge in [0.05, 0.1) is 24.3 Å². The Morgan fingerprint density at radius 2 is 1.90 bits per heavy atom. The van der Waals surface area contributed by atoms with Crippen LogP contribution in [-0.2, 0) is 9.53 Å². The number of hydrogen-bond acceptors (Lipinski definition) is 5. The molecular weight excluding hydrogens is 394 g/mol. The van der Waals surface area contributed by atoms with Crippen molar-refractivity contribution in [3.63, 3.8) is 0 Å². The highest BCUT2D eigenvalue weighted by atomic mass is 16.5. The maximum Gasteiger partial charge on any atom is 0.255 e. The van der Waals surface area contributed by atoms with E-state index in [2.05, 4.69) is 15.5 Å². The normalized spacial score (nSPS) is 23.8. The number of nitrogens with one attached hydrogen (secondary N) is 2. The lowest BCUT2D eigenvalue weighted by atomic mass is 9.90. The van der Waals surface area contributed by atoms with E-state index in [1.165, 1.54) is 6.26 Å². The van der Waals surface area contributed by atoms with Gasteiger partial charge in [0.15, 0.2) is 0 Å². The number of amides is 2. The van der Waals surface area contributed by atoms with Crippen LogP contribution in [0, 0.1) is 5.92 Å². The molecule has 1 aromatic heterocycles. The first kappa shape index (κ1) is 21.8. The van der Waals surface area contributed by atoms with Crippen molar-refractivity contribution in [3.8, 4) is 0 Å². The third-order valence-electron chi connectivity index (χ3n) is 6.57. The number of hydrogen-bond donors (Lipinski definition) is 2. The Hall–Kier alpha value is -2.38. The monoisotopic (exact) mass is 427 g/mol. The number of para-hydroxylation sites is 1. The minimum absolute atomic E-state index is 0.0533. The lowest BCUT2D eigenvalue weighted by Crippen LogP contribution is -2.53. The molecule has 3 atom stereocenters. The van der Waals surface area contributed by atoms with Crippen LogP contribution in [0.1, 0.15) is 49.9 Å². The molecule has 3 heterocycles. The number of rotatable bonds is 8. The first-order valence-electron chi connectivity index (χ1n) is 11.2. The first-order valence-corrected chi connectivity index (χ1v) is 11.2. The Morgan fingerprint density at radius 1 is 1.19 bits per heavy atom. The maximum absolute atomic E-state index is 12.7. The van der Waals surface area contributed by atoms with Crippen LogP contribution in [-0.4, -0.2) is 61.1 Å². The molecule has 2 amide bonds. The van der Waals surface area contributed by atoms with Crippen LogP contribution in [0.5, 0.6) is 0 Å². The van der Waals surface area contributed by atoms with Crippen LogP contribution in [0.25, 0.3) is 11.0 Å². The molecule has 1 aromatic carbocycles. The number of furan rings is 1. The van der Waals surface area contributed by atoms with Crippen molar-refractivity contribution >= 4 is 22.8 Å². The van der Waals surface area contributed by atoms with Crippen molar-refractivity contribution in [2.75, 3.05) is 26.8 Å². The molecular formula is C24H33N3O4. The quantitative estimate of drug-likeness (QED) is 0.677. The van der Waals surface area contributed by atoms with Gasteiger partial charge in [0, 0.05) is 31.1 Å². The third kappa shape index (κ3) is 4.93. The second kappa shape index (κ2) is 9.01. The molecule has 1 unspecified atom stereocenters. The number of carbonyl (C=O) groups excluding carboxylic acids is 2. The second-order valence-electron chi connectivity index (χ2n) is 9.62. The Bertz CT molecular complexity index is 924. The van der Waals surface area contributed by atoms with E-state index in [0.717, 1.165) is 36.7 Å². The van der Waals surface area contributed by atoms with Crippen molar-refractivity contribution < 1.29 is 18.7 Å². The zero-order valence-electron chi connectivity index (χ0n) is 18.6. The molecule has 168 valence electrons. The molecule has 2 fully saturated rings. The van der Waals surface area contributed by atoms with Crippen molar-refractivity contribution in [1.29, 1.82) is 0 Å². The van der Waals surface area contributed by atoms with Crippen LogP contribution in [0.2, 0.25) is 0 Å². The molecule has 0 spiro atoms. The summed E-state index contributed by atoms with van der Waals surface area (Å²) < 4.78 is 10.7. The molecule has 2 bridgehead atoms. The summed E-state index contributed by atoms with van der Waals surface area (Å²) in [6, 6.07) is 8.40. The summed E-state index contributed by atoms with van der Waals surface area (Å²) in [5, 5.41) is 7.03. The van der Waals surface area contributed by atoms with Gasteiger partial charge in [-0.15, -0.1) is 0 Å². The molecule has 7 nitrogen and oxygen atoms in total. The molecule has 2 aliphatic heterocycles. The van der Waals surface area contributed by atoms with Gasteiger partial charge in [0.25, 0.3) is 5.91 Å². The van der Waals surface area contributed by atoms with Crippen LogP contribution in [0.15, 0.2) is 34.9 Å². The maximum atomic E-state index is 12.7. The number of fused-ring (bicyclic) bond motifs is 3. The predicted octanol–water partition coefficient (Wildman–Crippen LogP) is 2.95. The molecule has 2 aliphatic rings. The zero-order valence-corrected chi connectivity index (χ0v) is 18.6. The Morgan fingerprint density at radius 3 is 2.61 bits per heavy atom. The number of piperidine rings is 1. The van der Waals surface area contributed by atoms with Crippen molar-refractivity contribution in [2.45, 2.75) is 57.2 Å². The molecule has 2 saturated heterocycles. The minimum atomic E-state index is -0.370. The van der Waals surface area contributed by atoms with Gasteiger partial charge in [-0.1, -0.05) is 18.2 Å². The van der Waals surface area contributed by atoms with Gasteiger partial charge in [-0.3, -0.25) is 14.5 Å². The van der Waals surface area contributed by atoms with Gasteiger partial charge >= 0.3 is 0 Å². The fraction of sp³-hybridized carbons (Fsp3) is 0.583. The summed E-state index contributed by atoms with van der Waals surface area (Å²) in [5.74, 6) is 0.404. The Kier molecular flexibility index (Phi) is 6.34. The molecule has 7 heteroatoms. The summed E-state index contributed by atoms with van der Waals surface area (Å²) in [6.45, 7) is 5.52. The smallest absolute Gasteiger partial charge is 0.255 e. The largest absolute Gasteiger partial charge is 0.463 e. The van der Waals surface area contributed by atoms with Crippen LogP contribution < -0.4 is 10.6 Å². The van der Waals surface area contributed by atoms with Gasteiger partial charge in [-0.25, -0.2) is 0 Å². The van der Waals surface area contributed by atoms with Gasteiger partial charge in [0.2, 0.25) is 5.91 Å². The summed E-state index contributed by atoms with van der Waals surface area (Å²) in [7, 11) is 1.65. The van der Waals surface area contributed by atoms with E-state index in [1.807, 2.05) is 38.1 Å². The molecule has 0 aliphatic carbocycles. The second-order valence-corrected chi connectivity index (χ2v) is 9.62. The lowest BCUT2D eigenvalue weighted by molar-refractivity contribution is -0.125. The van der Waals surface area contributed by atoms with E-state index in [9.17, 15) is 9.59 Å². The van der Waals surface area contributed by atoms with Crippen molar-refractivity contribution in [3.05, 3.63) is 36.1 Å². The highest BCUT2D eigenvalue weighted by molar-refractivity contribution is 6.05. The van der Waals surface area contributed by atoms with E-state index >= 15 is 0 Å². The Balaban J connectivity index is 1.29. The van der Waals surface area contributed by atoms with Crippen molar-refractivity contribution in [2.24, 2.45) is 5.92 Å². The topological polar surface area (TPSA) is 83.8 Å². The average molecular weight is 428 g/mol. The van der Waals surface area contributed by atoms with Gasteiger partial charge in [-0.05, 0) is 51.5 Å². The minimum Gasteiger partial charge on any atom is -0.463 e. The summed E-state index contributed by atoms with van der Waals surface area (Å²) in [4.78, 5) is 27.6. The van der Waals surface area contributed by atoms with Crippen molar-refractivity contribution in [1.82, 2.24) is 15.5 Å². The Labute approximate surface area is 183 Å². The number of methoxy groups -OCH3 is 1. The lowest BCUT2D eigenvalue weighted by Gasteiger charge is -2.39. The molecule has 31 heavy (non-hydrogen) atoms. The van der Waals surface area contributed by atoms with Gasteiger partial charge < -0.3 is 19.8 Å². The first-order chi connectivity index (χ1) is 14.9. The summed E-state index contributed by atoms with van der Waals surface area (Å²) in [6.07, 6.45) is 5.80. The fourth-order valence-corrected chi connectivity index (χ4v) is 5.28. The molecule has 4 rings (SSSR count). The third-order valence-corrected chi connectivity index (χ3v) is 6.57. The van der Waals surface area contributed by atoms with Crippen LogP contribution in [0.3, 0.4) is 0 Å². The summed E-state index contributed by atoms with van der Waals surface area (Å²) in [5.41, 5.74) is 0.947. The van der Waals surface area contributed by atoms with Crippen LogP contribution >= 0.6 is 0 Å². The zero-order chi connectivity index (χ0) is 22.0. The molecule has 0 radical (unpaired) electrons. The van der Waals surface area contributed by atoms with Crippen LogP contribution in [0.4, 0.5) is 0 Å². The van der Waals surface area contributed by atoms with E-state index < -0.39 is 0 Å². The van der Waals surface area contributed by atoms with Gasteiger partial charge in [-0.2, -0.15) is 0 Å². The fourth-order valence-electron chi connectivity index (χ4n) is 5.28. The highest BCUT2D eigenvalue weighted by Gasteiger charge is 2.41. The molecule has 2 N–H and O–H groups in total. The summed E-state index contributed by atoms with van der Waals surface area (Å²) >= 11 is 0. The number of carbonyl (C=O) groups is 2. The number of ether oxygens (including phenoxy) is 1. The predicted molar refractivity (Wildman–Crippen MR) is 119 cm³/mol. The van der Waals surface area contributed by atoms with E-state index in [0.29, 0.717) is 43.3 Å². The standard InChI is InChI=1S/C24H33N3O4/c1-24(2,15-30-3)26-22(28)13-27-17-8-9-18(27)11-16(10-17)12-25-23(29)20-14-31-21-7-5-4-6-19(20)21/h4-7,14,16-18H,8-13,15H2,1-3H3,(H,25,29)(H,26,28)/t16?,17-,18+. The van der Waals surface area contributed by atoms with E-state index in [1.54, 1.807) is 7.11 Å². The molecule has 0 saturated carbocycles. The number of nitrogens with zero attached hydrogens (tertiary/aromatic N) is 1. The average Bonchev–Trinajstić information content (AvgIpc) is 3.23. The molecule has 2 aromatic rings. The highest BCUT2D eigenvalue weighted by Crippen LogP contribution is 2.38. The van der Waals surface area contributed by atoms with Gasteiger partial charge in [0.1, 0.15) is 11.8 Å². The van der Waals surface area contributed by atoms with E-state index in [4.69, 9.17) is 9.15 Å². The SMILES string of the molecule is COCC(C)(C)NC(=O)CN1[C@@H]2CC[C@H]1CC(CNC(=O)c1coc3ccccc13)C2. The van der Waals surface area contributed by atoms with E-state index in [-0.39, 0.29) is 17.4 Å².